The topological polar surface area (TPSA) is 48.1 Å². The monoisotopic (exact) mass is 508 g/mol. The van der Waals surface area contributed by atoms with E-state index in [9.17, 15) is 0 Å². The van der Waals surface area contributed by atoms with Crippen LogP contribution in [0.3, 0.4) is 0 Å². The predicted molar refractivity (Wildman–Crippen MR) is 152 cm³/mol. The van der Waals surface area contributed by atoms with E-state index in [1.54, 1.807) is 6.20 Å². The lowest BCUT2D eigenvalue weighted by atomic mass is 10.0. The van der Waals surface area contributed by atoms with Crippen LogP contribution in [-0.2, 0) is 10.8 Å². The number of benzene rings is 2. The van der Waals surface area contributed by atoms with Crippen LogP contribution in [0.1, 0.15) is 64.9 Å². The highest BCUT2D eigenvalue weighted by molar-refractivity contribution is 6.99. The zero-order chi connectivity index (χ0) is 25.2. The van der Waals surface area contributed by atoms with Gasteiger partial charge in [0, 0.05) is 18.8 Å². The van der Waals surface area contributed by atoms with Gasteiger partial charge in [0.05, 0.1) is 0 Å². The molecule has 3 nitrogen and oxygen atoms in total. The molecule has 0 saturated carbocycles. The predicted octanol–water partition coefficient (Wildman–Crippen LogP) is 6.52. The van der Waals surface area contributed by atoms with E-state index in [0.29, 0.717) is 5.15 Å². The van der Waals surface area contributed by atoms with Gasteiger partial charge in [-0.3, -0.25) is 0 Å². The summed E-state index contributed by atoms with van der Waals surface area (Å²) in [7, 11) is -2.42. The molecule has 0 amide bonds. The summed E-state index contributed by atoms with van der Waals surface area (Å²) in [5.41, 5.74) is 7.45. The van der Waals surface area contributed by atoms with Crippen molar-refractivity contribution in [2.45, 2.75) is 76.8 Å². The van der Waals surface area contributed by atoms with Crippen molar-refractivity contribution in [1.82, 2.24) is 4.98 Å². The van der Waals surface area contributed by atoms with E-state index >= 15 is 0 Å². The van der Waals surface area contributed by atoms with Gasteiger partial charge in [-0.15, -0.1) is 0 Å². The summed E-state index contributed by atoms with van der Waals surface area (Å²) in [5, 5.41) is 3.32. The van der Waals surface area contributed by atoms with Gasteiger partial charge in [-0.05, 0) is 52.7 Å². The Balaban J connectivity index is 1.49. The third-order valence-electron chi connectivity index (χ3n) is 6.83. The number of pyridine rings is 1. The van der Waals surface area contributed by atoms with Crippen LogP contribution in [-0.4, -0.2) is 26.0 Å². The van der Waals surface area contributed by atoms with Gasteiger partial charge in [-0.2, -0.15) is 0 Å². The van der Waals surface area contributed by atoms with E-state index in [4.69, 9.17) is 21.8 Å². The van der Waals surface area contributed by atoms with E-state index in [2.05, 4.69) is 86.4 Å². The number of rotatable bonds is 13. The third-order valence-corrected chi connectivity index (χ3v) is 12.2. The number of aromatic nitrogens is 1. The number of unbranched alkanes of at least 4 members (excludes halogenated alkanes) is 3. The molecule has 1 aromatic heterocycles. The molecule has 0 spiro atoms. The van der Waals surface area contributed by atoms with Gasteiger partial charge in [-0.25, -0.2) is 4.98 Å². The molecule has 0 bridgehead atoms. The number of hydrogen-bond donors (Lipinski definition) is 1. The Labute approximate surface area is 218 Å². The standard InChI is InChI=1S/C30H41ClN2OSi/c1-30(2,3)35(27-17-9-6-10-18-27,28-19-11-7-12-20-28)34-24-13-5-4-8-16-26(32)22-21-25-15-14-23-33-29(25)31/h6-7,9-12,14-15,17-20,23,26H,4-5,8,13,16,21-22,24,32H2,1-3H3. The van der Waals surface area contributed by atoms with E-state index < -0.39 is 8.32 Å². The van der Waals surface area contributed by atoms with Gasteiger partial charge < -0.3 is 10.2 Å². The molecule has 0 saturated heterocycles. The minimum Gasteiger partial charge on any atom is -0.407 e. The molecule has 3 aromatic rings. The fraction of sp³-hybridized carbons (Fsp3) is 0.433. The van der Waals surface area contributed by atoms with E-state index in [-0.39, 0.29) is 11.1 Å². The largest absolute Gasteiger partial charge is 0.407 e. The molecular weight excluding hydrogens is 468 g/mol. The summed E-state index contributed by atoms with van der Waals surface area (Å²) in [6, 6.07) is 25.9. The highest BCUT2D eigenvalue weighted by atomic mass is 35.5. The summed E-state index contributed by atoms with van der Waals surface area (Å²) in [5.74, 6) is 0. The van der Waals surface area contributed by atoms with E-state index in [1.807, 2.05) is 12.1 Å². The van der Waals surface area contributed by atoms with Gasteiger partial charge in [-0.1, -0.05) is 118 Å². The first kappa shape index (κ1) is 27.6. The summed E-state index contributed by atoms with van der Waals surface area (Å²) in [6.45, 7) is 7.79. The van der Waals surface area contributed by atoms with Gasteiger partial charge in [0.15, 0.2) is 0 Å². The molecule has 2 aromatic carbocycles. The average molecular weight is 509 g/mol. The SMILES string of the molecule is CC(C)(C)[Si](OCCCCCCC(N)CCc1cccnc1Cl)(c1ccccc1)c1ccccc1. The number of hydrogen-bond acceptors (Lipinski definition) is 3. The van der Waals surface area contributed by atoms with Crippen molar-refractivity contribution in [3.05, 3.63) is 89.7 Å². The molecule has 1 heterocycles. The number of nitrogens with zero attached hydrogens (tertiary/aromatic N) is 1. The first-order valence-corrected chi connectivity index (χ1v) is 15.2. The second kappa shape index (κ2) is 13.4. The first-order chi connectivity index (χ1) is 16.8. The minimum absolute atomic E-state index is 0.0274. The van der Waals surface area contributed by atoms with Crippen LogP contribution < -0.4 is 16.1 Å². The maximum atomic E-state index is 6.99. The van der Waals surface area contributed by atoms with Crippen molar-refractivity contribution in [1.29, 1.82) is 0 Å². The smallest absolute Gasteiger partial charge is 0.261 e. The molecule has 0 aliphatic rings. The molecule has 0 aliphatic heterocycles. The summed E-state index contributed by atoms with van der Waals surface area (Å²) in [4.78, 5) is 4.15. The Morgan fingerprint density at radius 3 is 2.00 bits per heavy atom. The van der Waals surface area contributed by atoms with Crippen molar-refractivity contribution in [2.75, 3.05) is 6.61 Å². The number of aryl methyl sites for hydroxylation is 1. The first-order valence-electron chi connectivity index (χ1n) is 12.9. The van der Waals surface area contributed by atoms with Crippen molar-refractivity contribution >= 4 is 30.3 Å². The minimum atomic E-state index is -2.42. The molecule has 0 fully saturated rings. The van der Waals surface area contributed by atoms with E-state index in [0.717, 1.165) is 44.3 Å². The van der Waals surface area contributed by atoms with Crippen molar-refractivity contribution in [3.63, 3.8) is 0 Å². The highest BCUT2D eigenvalue weighted by Crippen LogP contribution is 2.36. The lowest BCUT2D eigenvalue weighted by molar-refractivity contribution is 0.286. The van der Waals surface area contributed by atoms with Gasteiger partial charge >= 0.3 is 0 Å². The van der Waals surface area contributed by atoms with Crippen LogP contribution >= 0.6 is 11.6 Å². The lowest BCUT2D eigenvalue weighted by Gasteiger charge is -2.43. The second-order valence-electron chi connectivity index (χ2n) is 10.5. The average Bonchev–Trinajstić information content (AvgIpc) is 2.85. The molecule has 188 valence electrons. The molecule has 5 heteroatoms. The molecule has 2 N–H and O–H groups in total. The maximum Gasteiger partial charge on any atom is 0.261 e. The number of halogens is 1. The Bertz CT molecular complexity index is 968. The zero-order valence-electron chi connectivity index (χ0n) is 21.6. The van der Waals surface area contributed by atoms with E-state index in [1.165, 1.54) is 23.2 Å². The fourth-order valence-corrected chi connectivity index (χ4v) is 9.76. The van der Waals surface area contributed by atoms with Gasteiger partial charge in [0.1, 0.15) is 5.15 Å². The van der Waals surface area contributed by atoms with Crippen LogP contribution in [0, 0.1) is 0 Å². The van der Waals surface area contributed by atoms with Crippen LogP contribution in [0.15, 0.2) is 79.0 Å². The summed E-state index contributed by atoms with van der Waals surface area (Å²) >= 11 is 6.16. The van der Waals surface area contributed by atoms with Crippen molar-refractivity contribution in [3.8, 4) is 0 Å². The van der Waals surface area contributed by atoms with Crippen LogP contribution in [0.2, 0.25) is 10.2 Å². The highest BCUT2D eigenvalue weighted by Gasteiger charge is 2.49. The molecule has 3 rings (SSSR count). The normalized spacial score (nSPS) is 13.1. The Morgan fingerprint density at radius 1 is 0.829 bits per heavy atom. The Hall–Kier alpha value is -1.98. The zero-order valence-corrected chi connectivity index (χ0v) is 23.3. The quantitative estimate of drug-likeness (QED) is 0.162. The molecule has 0 radical (unpaired) electrons. The van der Waals surface area contributed by atoms with Crippen LogP contribution in [0.5, 0.6) is 0 Å². The van der Waals surface area contributed by atoms with Crippen molar-refractivity contribution < 1.29 is 4.43 Å². The Morgan fingerprint density at radius 2 is 1.43 bits per heavy atom. The summed E-state index contributed by atoms with van der Waals surface area (Å²) in [6.07, 6.45) is 9.19. The van der Waals surface area contributed by atoms with Gasteiger partial charge in [0.2, 0.25) is 0 Å². The molecule has 0 aliphatic carbocycles. The fourth-order valence-electron chi connectivity index (χ4n) is 4.94. The molecule has 1 unspecified atom stereocenters. The second-order valence-corrected chi connectivity index (χ2v) is 15.1. The van der Waals surface area contributed by atoms with Crippen molar-refractivity contribution in [2.24, 2.45) is 5.73 Å². The maximum absolute atomic E-state index is 6.99. The van der Waals surface area contributed by atoms with Crippen LogP contribution in [0.4, 0.5) is 0 Å². The molecular formula is C30H41ClN2OSi. The van der Waals surface area contributed by atoms with Gasteiger partial charge in [0.25, 0.3) is 8.32 Å². The number of nitrogens with two attached hydrogens (primary N) is 1. The molecule has 1 atom stereocenters. The molecule has 35 heavy (non-hydrogen) atoms. The van der Waals surface area contributed by atoms with Crippen LogP contribution in [0.25, 0.3) is 0 Å². The Kier molecular flexibility index (Phi) is 10.5. The third kappa shape index (κ3) is 7.50. The lowest BCUT2D eigenvalue weighted by Crippen LogP contribution is -2.66. The summed E-state index contributed by atoms with van der Waals surface area (Å²) < 4.78 is 6.99.